The summed E-state index contributed by atoms with van der Waals surface area (Å²) in [7, 11) is 6.00. The maximum Gasteiger partial charge on any atom is 0.252 e. The van der Waals surface area contributed by atoms with Gasteiger partial charge < -0.3 is 23.8 Å². The Hall–Kier alpha value is -2.51. The predicted molar refractivity (Wildman–Crippen MR) is 98.7 cm³/mol. The van der Waals surface area contributed by atoms with E-state index in [1.165, 1.54) is 44.4 Å². The fourth-order valence-electron chi connectivity index (χ4n) is 3.13. The first-order valence-corrected chi connectivity index (χ1v) is 8.46. The molecule has 1 unspecified atom stereocenters. The molecule has 27 heavy (non-hydrogen) atoms. The quantitative estimate of drug-likeness (QED) is 0.791. The van der Waals surface area contributed by atoms with Crippen LogP contribution in [-0.2, 0) is 9.53 Å². The van der Waals surface area contributed by atoms with Crippen molar-refractivity contribution in [1.82, 2.24) is 0 Å². The molecule has 0 spiro atoms. The zero-order valence-corrected chi connectivity index (χ0v) is 16.1. The van der Waals surface area contributed by atoms with Gasteiger partial charge in [-0.2, -0.15) is 0 Å². The molecule has 1 aliphatic heterocycles. The second kappa shape index (κ2) is 7.62. The summed E-state index contributed by atoms with van der Waals surface area (Å²) in [6.07, 6.45) is -0.928. The van der Waals surface area contributed by atoms with Crippen LogP contribution in [-0.4, -0.2) is 40.9 Å². The van der Waals surface area contributed by atoms with Crippen molar-refractivity contribution in [3.8, 4) is 17.2 Å². The average Bonchev–Trinajstić information content (AvgIpc) is 2.79. The summed E-state index contributed by atoms with van der Waals surface area (Å²) in [5.41, 5.74) is 1.11. The number of anilines is 1. The minimum Gasteiger partial charge on any atom is -0.493 e. The maximum absolute atomic E-state index is 14.6. The lowest BCUT2D eigenvalue weighted by molar-refractivity contribution is -0.123. The summed E-state index contributed by atoms with van der Waals surface area (Å²) in [6, 6.07) is 5.81. The highest BCUT2D eigenvalue weighted by Crippen LogP contribution is 2.51. The number of carbonyl (C=O) groups is 1. The molecule has 2 aromatic rings. The Balaban J connectivity index is 2.36. The van der Waals surface area contributed by atoms with Gasteiger partial charge in [0, 0.05) is 23.7 Å². The molecule has 0 aromatic heterocycles. The number of ether oxygens (including phenoxy) is 4. The lowest BCUT2D eigenvalue weighted by Crippen LogP contribution is -2.28. The summed E-state index contributed by atoms with van der Waals surface area (Å²) in [5, 5.41) is 0.347. The first-order chi connectivity index (χ1) is 12.9. The minimum atomic E-state index is -0.928. The molecule has 3 rings (SSSR count). The van der Waals surface area contributed by atoms with Gasteiger partial charge in [-0.3, -0.25) is 4.79 Å². The van der Waals surface area contributed by atoms with Crippen LogP contribution in [0.25, 0.3) is 0 Å². The molecule has 6 nitrogen and oxygen atoms in total. The molecule has 0 saturated heterocycles. The maximum atomic E-state index is 14.6. The van der Waals surface area contributed by atoms with Gasteiger partial charge in [-0.05, 0) is 18.2 Å². The van der Waals surface area contributed by atoms with Crippen molar-refractivity contribution in [2.75, 3.05) is 39.9 Å². The van der Waals surface area contributed by atoms with E-state index in [-0.39, 0.29) is 23.8 Å². The van der Waals surface area contributed by atoms with Crippen molar-refractivity contribution in [3.63, 3.8) is 0 Å². The van der Waals surface area contributed by atoms with Gasteiger partial charge in [0.1, 0.15) is 18.5 Å². The zero-order valence-electron chi connectivity index (χ0n) is 15.3. The molecule has 2 aromatic carbocycles. The third-order valence-electron chi connectivity index (χ3n) is 4.46. The molecule has 0 N–H and O–H groups in total. The standard InChI is InChI=1S/C19H19ClFNO5/c1-22-13-8-14(24-2)18(25-3)19(26-4)16(13)17(27-9-15(22)23)11-7-10(20)5-6-12(11)21/h5-8,17H,9H2,1-4H3. The van der Waals surface area contributed by atoms with Crippen LogP contribution in [0.15, 0.2) is 24.3 Å². The summed E-state index contributed by atoms with van der Waals surface area (Å²) >= 11 is 6.07. The van der Waals surface area contributed by atoms with Crippen LogP contribution in [0.5, 0.6) is 17.2 Å². The van der Waals surface area contributed by atoms with Gasteiger partial charge in [0.2, 0.25) is 5.75 Å². The number of fused-ring (bicyclic) bond motifs is 1. The molecule has 0 aliphatic carbocycles. The second-order valence-corrected chi connectivity index (χ2v) is 6.32. The Morgan fingerprint density at radius 1 is 1.15 bits per heavy atom. The number of amides is 1. The number of likely N-dealkylation sites (N-methyl/N-ethyl adjacent to an activating group) is 1. The van der Waals surface area contributed by atoms with Crippen LogP contribution < -0.4 is 19.1 Å². The molecule has 0 radical (unpaired) electrons. The molecule has 8 heteroatoms. The van der Waals surface area contributed by atoms with E-state index in [1.54, 1.807) is 13.1 Å². The van der Waals surface area contributed by atoms with Gasteiger partial charge in [0.15, 0.2) is 11.5 Å². The molecular formula is C19H19ClFNO5. The average molecular weight is 396 g/mol. The second-order valence-electron chi connectivity index (χ2n) is 5.89. The van der Waals surface area contributed by atoms with E-state index in [4.69, 9.17) is 30.5 Å². The Bertz CT molecular complexity index is 889. The van der Waals surface area contributed by atoms with Gasteiger partial charge in [-0.25, -0.2) is 4.39 Å². The molecule has 1 aliphatic rings. The van der Waals surface area contributed by atoms with E-state index in [9.17, 15) is 9.18 Å². The van der Waals surface area contributed by atoms with E-state index in [0.29, 0.717) is 27.8 Å². The first-order valence-electron chi connectivity index (χ1n) is 8.08. The van der Waals surface area contributed by atoms with Gasteiger partial charge in [-0.1, -0.05) is 11.6 Å². The van der Waals surface area contributed by atoms with Crippen molar-refractivity contribution >= 4 is 23.2 Å². The van der Waals surface area contributed by atoms with Crippen molar-refractivity contribution in [2.24, 2.45) is 0 Å². The summed E-state index contributed by atoms with van der Waals surface area (Å²) in [4.78, 5) is 13.8. The van der Waals surface area contributed by atoms with Crippen LogP contribution in [0, 0.1) is 5.82 Å². The molecule has 1 atom stereocenters. The van der Waals surface area contributed by atoms with Crippen molar-refractivity contribution in [3.05, 3.63) is 46.2 Å². The number of methoxy groups -OCH3 is 3. The minimum absolute atomic E-state index is 0.192. The lowest BCUT2D eigenvalue weighted by atomic mass is 9.97. The number of rotatable bonds is 4. The van der Waals surface area contributed by atoms with Crippen molar-refractivity contribution in [2.45, 2.75) is 6.10 Å². The highest BCUT2D eigenvalue weighted by molar-refractivity contribution is 6.30. The topological polar surface area (TPSA) is 57.2 Å². The molecule has 144 valence electrons. The number of benzene rings is 2. The molecule has 0 saturated carbocycles. The van der Waals surface area contributed by atoms with Crippen LogP contribution in [0.4, 0.5) is 10.1 Å². The third-order valence-corrected chi connectivity index (χ3v) is 4.69. The molecule has 0 fully saturated rings. The van der Waals surface area contributed by atoms with Gasteiger partial charge in [-0.15, -0.1) is 0 Å². The largest absolute Gasteiger partial charge is 0.493 e. The van der Waals surface area contributed by atoms with Gasteiger partial charge >= 0.3 is 0 Å². The fraction of sp³-hybridized carbons (Fsp3) is 0.316. The Morgan fingerprint density at radius 3 is 2.48 bits per heavy atom. The van der Waals surface area contributed by atoms with Crippen molar-refractivity contribution in [1.29, 1.82) is 0 Å². The monoisotopic (exact) mass is 395 g/mol. The van der Waals surface area contributed by atoms with E-state index < -0.39 is 11.9 Å². The Morgan fingerprint density at radius 2 is 1.85 bits per heavy atom. The molecular weight excluding hydrogens is 377 g/mol. The van der Waals surface area contributed by atoms with E-state index in [0.717, 1.165) is 0 Å². The summed E-state index contributed by atoms with van der Waals surface area (Å²) in [6.45, 7) is -0.240. The highest BCUT2D eigenvalue weighted by atomic mass is 35.5. The molecule has 1 heterocycles. The Labute approximate surface area is 161 Å². The number of nitrogens with zero attached hydrogens (tertiary/aromatic N) is 1. The van der Waals surface area contributed by atoms with Gasteiger partial charge in [0.05, 0.1) is 32.6 Å². The van der Waals surface area contributed by atoms with Crippen molar-refractivity contribution < 1.29 is 28.1 Å². The Kier molecular flexibility index (Phi) is 5.43. The number of carbonyl (C=O) groups excluding carboxylic acids is 1. The number of halogens is 2. The predicted octanol–water partition coefficient (Wildman–Crippen LogP) is 3.59. The van der Waals surface area contributed by atoms with E-state index >= 15 is 0 Å². The molecule has 1 amide bonds. The normalized spacial score (nSPS) is 16.6. The lowest BCUT2D eigenvalue weighted by Gasteiger charge is -2.25. The SMILES string of the molecule is COc1cc2c(c(OC)c1OC)C(c1cc(Cl)ccc1F)OCC(=O)N2C. The van der Waals surface area contributed by atoms with Crippen LogP contribution in [0.2, 0.25) is 5.02 Å². The van der Waals surface area contributed by atoms with Gasteiger partial charge in [0.25, 0.3) is 5.91 Å². The fourth-order valence-corrected chi connectivity index (χ4v) is 3.31. The number of hydrogen-bond acceptors (Lipinski definition) is 5. The van der Waals surface area contributed by atoms with E-state index in [1.807, 2.05) is 0 Å². The third kappa shape index (κ3) is 3.28. The van der Waals surface area contributed by atoms with Crippen LogP contribution >= 0.6 is 11.6 Å². The zero-order chi connectivity index (χ0) is 19.7. The number of hydrogen-bond donors (Lipinski definition) is 0. The molecule has 0 bridgehead atoms. The summed E-state index contributed by atoms with van der Waals surface area (Å²) in [5.74, 6) is 0.176. The first kappa shape index (κ1) is 19.3. The van der Waals surface area contributed by atoms with E-state index in [2.05, 4.69) is 0 Å². The highest BCUT2D eigenvalue weighted by Gasteiger charge is 2.35. The summed E-state index contributed by atoms with van der Waals surface area (Å²) < 4.78 is 36.8. The van der Waals surface area contributed by atoms with Crippen LogP contribution in [0.3, 0.4) is 0 Å². The smallest absolute Gasteiger partial charge is 0.252 e. The van der Waals surface area contributed by atoms with Crippen LogP contribution in [0.1, 0.15) is 17.2 Å².